The number of fused-ring (bicyclic) bond motifs is 2. The lowest BCUT2D eigenvalue weighted by molar-refractivity contribution is 0.366. The van der Waals surface area contributed by atoms with E-state index in [1.54, 1.807) is 42.8 Å². The lowest BCUT2D eigenvalue weighted by atomic mass is 10.2. The Morgan fingerprint density at radius 1 is 1.11 bits per heavy atom. The Morgan fingerprint density at radius 3 is 2.74 bits per heavy atom. The van der Waals surface area contributed by atoms with Crippen molar-refractivity contribution in [2.24, 2.45) is 0 Å². The summed E-state index contributed by atoms with van der Waals surface area (Å²) in [6.45, 7) is 0. The highest BCUT2D eigenvalue weighted by Crippen LogP contribution is 2.29. The van der Waals surface area contributed by atoms with Crippen LogP contribution in [0.2, 0.25) is 0 Å². The molecule has 0 saturated heterocycles. The van der Waals surface area contributed by atoms with Crippen LogP contribution in [-0.2, 0) is 0 Å². The summed E-state index contributed by atoms with van der Waals surface area (Å²) in [5.74, 6) is 0.642. The van der Waals surface area contributed by atoms with Crippen LogP contribution in [0.15, 0.2) is 70.1 Å². The minimum Gasteiger partial charge on any atom is -0.497 e. The molecule has 6 nitrogen and oxygen atoms in total. The molecule has 3 aromatic heterocycles. The van der Waals surface area contributed by atoms with Gasteiger partial charge in [0, 0.05) is 17.8 Å². The number of ether oxygens (including phenoxy) is 1. The van der Waals surface area contributed by atoms with Gasteiger partial charge in [-0.1, -0.05) is 0 Å². The number of pyridine rings is 1. The van der Waals surface area contributed by atoms with Gasteiger partial charge < -0.3 is 9.26 Å². The zero-order valence-corrected chi connectivity index (χ0v) is 15.1. The first kappa shape index (κ1) is 15.8. The Hall–Kier alpha value is -3.45. The molecule has 2 aromatic carbocycles. The molecular formula is C20H13N3O3S. The first-order valence-electron chi connectivity index (χ1n) is 8.25. The summed E-state index contributed by atoms with van der Waals surface area (Å²) in [5, 5.41) is 1.40. The fraction of sp³-hybridized carbons (Fsp3) is 0.0500. The normalized spacial score (nSPS) is 11.3. The third kappa shape index (κ3) is 2.60. The van der Waals surface area contributed by atoms with Crippen molar-refractivity contribution in [1.29, 1.82) is 0 Å². The highest BCUT2D eigenvalue weighted by atomic mass is 32.1. The molecular weight excluding hydrogens is 362 g/mol. The predicted molar refractivity (Wildman–Crippen MR) is 105 cm³/mol. The highest BCUT2D eigenvalue weighted by molar-refractivity contribution is 7.21. The summed E-state index contributed by atoms with van der Waals surface area (Å²) in [6.07, 6.45) is 1.73. The standard InChI is InChI=1S/C20H13N3O3S/c1-25-14-8-9-15-16(11-14)26-23(20(15)24)13-6-4-12(5-7-13)19-22-18-17(27-19)3-2-10-21-18/h2-11H,1H3. The second-order valence-corrected chi connectivity index (χ2v) is 6.97. The lowest BCUT2D eigenvalue weighted by Gasteiger charge is -2.01. The molecule has 5 rings (SSSR count). The minimum atomic E-state index is -0.204. The van der Waals surface area contributed by atoms with Crippen LogP contribution in [0, 0.1) is 0 Å². The van der Waals surface area contributed by atoms with Crippen LogP contribution in [0.3, 0.4) is 0 Å². The first-order chi connectivity index (χ1) is 13.2. The van der Waals surface area contributed by atoms with E-state index in [4.69, 9.17) is 9.26 Å². The van der Waals surface area contributed by atoms with Crippen molar-refractivity contribution in [3.05, 3.63) is 71.1 Å². The van der Waals surface area contributed by atoms with Crippen LogP contribution in [0.4, 0.5) is 0 Å². The third-order valence-electron chi connectivity index (χ3n) is 4.31. The molecule has 0 bridgehead atoms. The molecule has 27 heavy (non-hydrogen) atoms. The van der Waals surface area contributed by atoms with E-state index >= 15 is 0 Å². The third-order valence-corrected chi connectivity index (χ3v) is 5.37. The monoisotopic (exact) mass is 375 g/mol. The fourth-order valence-corrected chi connectivity index (χ4v) is 3.86. The summed E-state index contributed by atoms with van der Waals surface area (Å²) in [7, 11) is 1.58. The summed E-state index contributed by atoms with van der Waals surface area (Å²) >= 11 is 1.58. The van der Waals surface area contributed by atoms with Crippen molar-refractivity contribution in [1.82, 2.24) is 14.7 Å². The summed E-state index contributed by atoms with van der Waals surface area (Å²) < 4.78 is 13.2. The van der Waals surface area contributed by atoms with Gasteiger partial charge in [-0.15, -0.1) is 16.1 Å². The molecule has 0 atom stereocenters. The SMILES string of the molecule is COc1ccc2c(=O)n(-c3ccc(-c4nc5ncccc5s4)cc3)oc2c1. The number of thiazole rings is 1. The Labute approximate surface area is 157 Å². The van der Waals surface area contributed by atoms with E-state index in [0.29, 0.717) is 22.4 Å². The number of hydrogen-bond acceptors (Lipinski definition) is 6. The summed E-state index contributed by atoms with van der Waals surface area (Å²) in [5.41, 5.74) is 2.64. The Balaban J connectivity index is 1.56. The van der Waals surface area contributed by atoms with Crippen molar-refractivity contribution in [3.8, 4) is 22.0 Å². The van der Waals surface area contributed by atoms with Crippen LogP contribution in [0.25, 0.3) is 37.6 Å². The summed E-state index contributed by atoms with van der Waals surface area (Å²) in [4.78, 5) is 21.4. The van der Waals surface area contributed by atoms with Crippen LogP contribution in [0.5, 0.6) is 5.75 Å². The molecule has 7 heteroatoms. The Bertz CT molecular complexity index is 1300. The molecule has 3 heterocycles. The van der Waals surface area contributed by atoms with E-state index in [1.165, 1.54) is 4.74 Å². The topological polar surface area (TPSA) is 70.2 Å². The van der Waals surface area contributed by atoms with E-state index in [9.17, 15) is 4.79 Å². The molecule has 0 aliphatic heterocycles. The van der Waals surface area contributed by atoms with Gasteiger partial charge in [0.2, 0.25) is 0 Å². The van der Waals surface area contributed by atoms with E-state index in [0.717, 1.165) is 20.9 Å². The second-order valence-electron chi connectivity index (χ2n) is 5.94. The molecule has 5 aromatic rings. The minimum absolute atomic E-state index is 0.204. The number of hydrogen-bond donors (Lipinski definition) is 0. The maximum atomic E-state index is 12.6. The Kier molecular flexibility index (Phi) is 3.54. The molecule has 0 spiro atoms. The molecule has 0 saturated carbocycles. The van der Waals surface area contributed by atoms with Crippen molar-refractivity contribution >= 4 is 32.7 Å². The smallest absolute Gasteiger partial charge is 0.295 e. The van der Waals surface area contributed by atoms with Gasteiger partial charge in [0.25, 0.3) is 5.56 Å². The number of aromatic nitrogens is 3. The van der Waals surface area contributed by atoms with Gasteiger partial charge in [0.05, 0.1) is 22.9 Å². The Morgan fingerprint density at radius 2 is 1.96 bits per heavy atom. The zero-order valence-electron chi connectivity index (χ0n) is 14.2. The van der Waals surface area contributed by atoms with Gasteiger partial charge in [-0.3, -0.25) is 4.79 Å². The molecule has 0 N–H and O–H groups in total. The van der Waals surface area contributed by atoms with Gasteiger partial charge >= 0.3 is 0 Å². The number of methoxy groups -OCH3 is 1. The molecule has 0 radical (unpaired) electrons. The van der Waals surface area contributed by atoms with Crippen molar-refractivity contribution < 1.29 is 9.26 Å². The van der Waals surface area contributed by atoms with Gasteiger partial charge in [-0.2, -0.15) is 0 Å². The molecule has 0 amide bonds. The highest BCUT2D eigenvalue weighted by Gasteiger charge is 2.13. The molecule has 132 valence electrons. The first-order valence-corrected chi connectivity index (χ1v) is 9.07. The largest absolute Gasteiger partial charge is 0.497 e. The van der Waals surface area contributed by atoms with Crippen LogP contribution >= 0.6 is 11.3 Å². The van der Waals surface area contributed by atoms with Crippen LogP contribution < -0.4 is 10.3 Å². The van der Waals surface area contributed by atoms with Gasteiger partial charge in [-0.05, 0) is 48.5 Å². The molecule has 0 unspecified atom stereocenters. The van der Waals surface area contributed by atoms with Crippen molar-refractivity contribution in [2.45, 2.75) is 0 Å². The molecule has 0 aliphatic rings. The van der Waals surface area contributed by atoms with Gasteiger partial charge in [0.1, 0.15) is 10.8 Å². The van der Waals surface area contributed by atoms with E-state index in [1.807, 2.05) is 36.4 Å². The second kappa shape index (κ2) is 6.07. The maximum Gasteiger partial charge on any atom is 0.295 e. The maximum absolute atomic E-state index is 12.6. The van der Waals surface area contributed by atoms with E-state index in [-0.39, 0.29) is 5.56 Å². The van der Waals surface area contributed by atoms with Gasteiger partial charge in [0.15, 0.2) is 11.2 Å². The van der Waals surface area contributed by atoms with Crippen molar-refractivity contribution in [2.75, 3.05) is 7.11 Å². The van der Waals surface area contributed by atoms with Crippen molar-refractivity contribution in [3.63, 3.8) is 0 Å². The fourth-order valence-electron chi connectivity index (χ4n) is 2.93. The molecule has 0 aliphatic carbocycles. The molecule has 0 fully saturated rings. The lowest BCUT2D eigenvalue weighted by Crippen LogP contribution is -2.11. The number of nitrogens with zero attached hydrogens (tertiary/aromatic N) is 3. The average Bonchev–Trinajstić information content (AvgIpc) is 3.29. The quantitative estimate of drug-likeness (QED) is 0.471. The van der Waals surface area contributed by atoms with E-state index in [2.05, 4.69) is 9.97 Å². The van der Waals surface area contributed by atoms with E-state index < -0.39 is 0 Å². The van der Waals surface area contributed by atoms with Gasteiger partial charge in [-0.25, -0.2) is 9.97 Å². The number of benzene rings is 2. The zero-order chi connectivity index (χ0) is 18.4. The number of rotatable bonds is 3. The van der Waals surface area contributed by atoms with Crippen LogP contribution in [-0.4, -0.2) is 21.8 Å². The predicted octanol–water partition coefficient (Wildman–Crippen LogP) is 4.26. The average molecular weight is 375 g/mol. The van der Waals surface area contributed by atoms with Crippen LogP contribution in [0.1, 0.15) is 0 Å². The summed E-state index contributed by atoms with van der Waals surface area (Å²) in [6, 6.07) is 16.6.